The summed E-state index contributed by atoms with van der Waals surface area (Å²) in [5.74, 6) is 0.754. The standard InChI is InChI=1S/C16H28N4O/c1-2-17-16(19-12-15(21)20-14-8-9-14)18-11-10-13-6-4-3-5-7-13/h6,14H,2-5,7-12H2,1H3,(H,20,21)(H2,17,18,19). The van der Waals surface area contributed by atoms with Crippen LogP contribution < -0.4 is 16.0 Å². The fourth-order valence-electron chi connectivity index (χ4n) is 2.47. The predicted octanol–water partition coefficient (Wildman–Crippen LogP) is 1.71. The molecule has 1 saturated carbocycles. The highest BCUT2D eigenvalue weighted by Gasteiger charge is 2.22. The molecule has 0 aliphatic heterocycles. The molecule has 1 fully saturated rings. The Morgan fingerprint density at radius 1 is 1.33 bits per heavy atom. The SMILES string of the molecule is CCNC(=NCC(=O)NC1CC1)NCCC1=CCCCC1. The highest BCUT2D eigenvalue weighted by molar-refractivity contribution is 5.85. The first-order valence-electron chi connectivity index (χ1n) is 8.27. The number of allylic oxidation sites excluding steroid dienone is 1. The minimum absolute atomic E-state index is 0.0182. The van der Waals surface area contributed by atoms with Gasteiger partial charge in [-0.2, -0.15) is 0 Å². The molecule has 0 unspecified atom stereocenters. The third-order valence-electron chi connectivity index (χ3n) is 3.79. The molecular formula is C16H28N4O. The van der Waals surface area contributed by atoms with Crippen molar-refractivity contribution in [3.8, 4) is 0 Å². The number of carbonyl (C=O) groups is 1. The van der Waals surface area contributed by atoms with E-state index >= 15 is 0 Å². The van der Waals surface area contributed by atoms with Gasteiger partial charge in [0.2, 0.25) is 5.91 Å². The number of nitrogens with one attached hydrogen (secondary N) is 3. The summed E-state index contributed by atoms with van der Waals surface area (Å²) in [6.07, 6.45) is 10.8. The molecule has 2 aliphatic carbocycles. The topological polar surface area (TPSA) is 65.5 Å². The van der Waals surface area contributed by atoms with Crippen LogP contribution in [0, 0.1) is 0 Å². The van der Waals surface area contributed by atoms with E-state index in [1.807, 2.05) is 6.92 Å². The Kier molecular flexibility index (Phi) is 6.57. The van der Waals surface area contributed by atoms with Crippen LogP contribution in [0.15, 0.2) is 16.6 Å². The Bertz CT molecular complexity index is 399. The average Bonchev–Trinajstić information content (AvgIpc) is 3.30. The van der Waals surface area contributed by atoms with Gasteiger partial charge in [-0.25, -0.2) is 4.99 Å². The molecule has 1 amide bonds. The van der Waals surface area contributed by atoms with Gasteiger partial charge < -0.3 is 16.0 Å². The Labute approximate surface area is 127 Å². The molecule has 0 spiro atoms. The lowest BCUT2D eigenvalue weighted by Crippen LogP contribution is -2.39. The second kappa shape index (κ2) is 8.70. The summed E-state index contributed by atoms with van der Waals surface area (Å²) in [5.41, 5.74) is 1.55. The molecule has 21 heavy (non-hydrogen) atoms. The van der Waals surface area contributed by atoms with Crippen molar-refractivity contribution in [1.29, 1.82) is 0 Å². The van der Waals surface area contributed by atoms with E-state index in [0.717, 1.165) is 38.3 Å². The van der Waals surface area contributed by atoms with Crippen molar-refractivity contribution in [1.82, 2.24) is 16.0 Å². The molecule has 0 aromatic rings. The van der Waals surface area contributed by atoms with Crippen LogP contribution in [0.1, 0.15) is 51.9 Å². The van der Waals surface area contributed by atoms with E-state index in [1.165, 1.54) is 25.7 Å². The summed E-state index contributed by atoms with van der Waals surface area (Å²) in [4.78, 5) is 16.0. The summed E-state index contributed by atoms with van der Waals surface area (Å²) < 4.78 is 0. The first-order chi connectivity index (χ1) is 10.3. The van der Waals surface area contributed by atoms with Gasteiger partial charge in [-0.05, 0) is 51.9 Å². The van der Waals surface area contributed by atoms with Gasteiger partial charge in [0.15, 0.2) is 5.96 Å². The largest absolute Gasteiger partial charge is 0.357 e. The fourth-order valence-corrected chi connectivity index (χ4v) is 2.47. The van der Waals surface area contributed by atoms with Gasteiger partial charge in [0.1, 0.15) is 6.54 Å². The van der Waals surface area contributed by atoms with E-state index in [-0.39, 0.29) is 12.5 Å². The molecule has 2 aliphatic rings. The van der Waals surface area contributed by atoms with Crippen LogP contribution in [0.3, 0.4) is 0 Å². The molecular weight excluding hydrogens is 264 g/mol. The highest BCUT2D eigenvalue weighted by Crippen LogP contribution is 2.19. The molecule has 0 bridgehead atoms. The van der Waals surface area contributed by atoms with E-state index in [1.54, 1.807) is 5.57 Å². The number of nitrogens with zero attached hydrogens (tertiary/aromatic N) is 1. The number of amides is 1. The summed E-state index contributed by atoms with van der Waals surface area (Å²) in [6, 6.07) is 0.404. The monoisotopic (exact) mass is 292 g/mol. The normalized spacial score (nSPS) is 18.9. The molecule has 0 radical (unpaired) electrons. The van der Waals surface area contributed by atoms with E-state index in [2.05, 4.69) is 27.0 Å². The Hall–Kier alpha value is -1.52. The lowest BCUT2D eigenvalue weighted by Gasteiger charge is -2.15. The molecule has 0 aromatic carbocycles. The van der Waals surface area contributed by atoms with Gasteiger partial charge in [0.25, 0.3) is 0 Å². The molecule has 2 rings (SSSR count). The second-order valence-corrected chi connectivity index (χ2v) is 5.82. The number of hydrogen-bond acceptors (Lipinski definition) is 2. The summed E-state index contributed by atoms with van der Waals surface area (Å²) >= 11 is 0. The van der Waals surface area contributed by atoms with Crippen LogP contribution in [-0.4, -0.2) is 37.5 Å². The second-order valence-electron chi connectivity index (χ2n) is 5.82. The van der Waals surface area contributed by atoms with Crippen molar-refractivity contribution in [2.75, 3.05) is 19.6 Å². The zero-order chi connectivity index (χ0) is 14.9. The van der Waals surface area contributed by atoms with Gasteiger partial charge >= 0.3 is 0 Å². The Balaban J connectivity index is 1.69. The maximum Gasteiger partial charge on any atom is 0.242 e. The number of aliphatic imine (C=N–C) groups is 1. The average molecular weight is 292 g/mol. The molecule has 0 saturated heterocycles. The maximum absolute atomic E-state index is 11.6. The minimum atomic E-state index is 0.0182. The van der Waals surface area contributed by atoms with Crippen molar-refractivity contribution in [2.45, 2.75) is 57.9 Å². The van der Waals surface area contributed by atoms with Gasteiger partial charge in [-0.3, -0.25) is 4.79 Å². The smallest absolute Gasteiger partial charge is 0.242 e. The molecule has 0 heterocycles. The number of carbonyl (C=O) groups excluding carboxylic acids is 1. The first kappa shape index (κ1) is 15.9. The van der Waals surface area contributed by atoms with Crippen LogP contribution in [0.2, 0.25) is 0 Å². The lowest BCUT2D eigenvalue weighted by molar-refractivity contribution is -0.119. The van der Waals surface area contributed by atoms with Crippen molar-refractivity contribution < 1.29 is 4.79 Å². The van der Waals surface area contributed by atoms with Crippen molar-refractivity contribution in [3.05, 3.63) is 11.6 Å². The molecule has 5 nitrogen and oxygen atoms in total. The summed E-state index contributed by atoms with van der Waals surface area (Å²) in [6.45, 7) is 3.92. The van der Waals surface area contributed by atoms with Crippen LogP contribution in [0.25, 0.3) is 0 Å². The van der Waals surface area contributed by atoms with E-state index in [0.29, 0.717) is 6.04 Å². The third kappa shape index (κ3) is 6.65. The van der Waals surface area contributed by atoms with Gasteiger partial charge in [-0.1, -0.05) is 11.6 Å². The number of hydrogen-bond donors (Lipinski definition) is 3. The van der Waals surface area contributed by atoms with Crippen molar-refractivity contribution >= 4 is 11.9 Å². The number of guanidine groups is 1. The van der Waals surface area contributed by atoms with Gasteiger partial charge in [0.05, 0.1) is 0 Å². The van der Waals surface area contributed by atoms with E-state index in [4.69, 9.17) is 0 Å². The fraction of sp³-hybridized carbons (Fsp3) is 0.750. The molecule has 0 aromatic heterocycles. The van der Waals surface area contributed by atoms with Crippen molar-refractivity contribution in [3.63, 3.8) is 0 Å². The van der Waals surface area contributed by atoms with E-state index < -0.39 is 0 Å². The Morgan fingerprint density at radius 2 is 2.19 bits per heavy atom. The zero-order valence-electron chi connectivity index (χ0n) is 13.1. The molecule has 118 valence electrons. The van der Waals surface area contributed by atoms with Gasteiger partial charge in [0, 0.05) is 19.1 Å². The third-order valence-corrected chi connectivity index (χ3v) is 3.79. The lowest BCUT2D eigenvalue weighted by atomic mass is 9.97. The first-order valence-corrected chi connectivity index (χ1v) is 8.27. The highest BCUT2D eigenvalue weighted by atomic mass is 16.2. The molecule has 5 heteroatoms. The van der Waals surface area contributed by atoms with Crippen LogP contribution in [0.5, 0.6) is 0 Å². The maximum atomic E-state index is 11.6. The summed E-state index contributed by atoms with van der Waals surface area (Å²) in [5, 5.41) is 9.44. The quantitative estimate of drug-likeness (QED) is 0.380. The summed E-state index contributed by atoms with van der Waals surface area (Å²) in [7, 11) is 0. The van der Waals surface area contributed by atoms with E-state index in [9.17, 15) is 4.79 Å². The van der Waals surface area contributed by atoms with Gasteiger partial charge in [-0.15, -0.1) is 0 Å². The Morgan fingerprint density at radius 3 is 2.86 bits per heavy atom. The minimum Gasteiger partial charge on any atom is -0.357 e. The predicted molar refractivity (Wildman–Crippen MR) is 86.3 cm³/mol. The number of rotatable bonds is 7. The van der Waals surface area contributed by atoms with Crippen molar-refractivity contribution in [2.24, 2.45) is 4.99 Å². The van der Waals surface area contributed by atoms with Crippen LogP contribution in [0.4, 0.5) is 0 Å². The molecule has 0 atom stereocenters. The molecule has 3 N–H and O–H groups in total. The zero-order valence-corrected chi connectivity index (χ0v) is 13.1. The van der Waals surface area contributed by atoms with Crippen LogP contribution >= 0.6 is 0 Å². The van der Waals surface area contributed by atoms with Crippen LogP contribution in [-0.2, 0) is 4.79 Å².